The molecule has 1 aromatic rings. The Morgan fingerprint density at radius 1 is 1.38 bits per heavy atom. The predicted molar refractivity (Wildman–Crippen MR) is 80.9 cm³/mol. The van der Waals surface area contributed by atoms with Gasteiger partial charge in [-0.1, -0.05) is 15.9 Å². The van der Waals surface area contributed by atoms with Gasteiger partial charge in [-0.05, 0) is 49.8 Å². The molecule has 2 fully saturated rings. The first-order chi connectivity index (χ1) is 9.80. The van der Waals surface area contributed by atoms with E-state index in [1.165, 1.54) is 12.1 Å². The average Bonchev–Trinajstić information content (AvgIpc) is 3.03. The van der Waals surface area contributed by atoms with Crippen LogP contribution in [0.3, 0.4) is 0 Å². The Morgan fingerprint density at radius 3 is 2.62 bits per heavy atom. The van der Waals surface area contributed by atoms with Crippen LogP contribution in [0.2, 0.25) is 0 Å². The van der Waals surface area contributed by atoms with Gasteiger partial charge in [0.1, 0.15) is 0 Å². The van der Waals surface area contributed by atoms with Crippen molar-refractivity contribution >= 4 is 31.9 Å². The molecule has 1 heterocycles. The van der Waals surface area contributed by atoms with Crippen molar-refractivity contribution in [3.63, 3.8) is 0 Å². The van der Waals surface area contributed by atoms with Gasteiger partial charge in [0.25, 0.3) is 0 Å². The molecule has 1 N–H and O–H groups in total. The summed E-state index contributed by atoms with van der Waals surface area (Å²) in [6, 6.07) is 2.85. The van der Waals surface area contributed by atoms with Gasteiger partial charge in [0.15, 0.2) is 0 Å². The van der Waals surface area contributed by atoms with Crippen molar-refractivity contribution in [3.8, 4) is 0 Å². The number of aromatic carboxylic acids is 1. The van der Waals surface area contributed by atoms with E-state index in [-0.39, 0.29) is 16.5 Å². The number of carboxylic acid groups (broad SMARTS) is 1. The lowest BCUT2D eigenvalue weighted by Crippen LogP contribution is -2.37. The van der Waals surface area contributed by atoms with Gasteiger partial charge in [0.2, 0.25) is 10.0 Å². The Kier molecular flexibility index (Phi) is 3.62. The predicted octanol–water partition coefficient (Wildman–Crippen LogP) is 2.63. The number of piperidine rings is 1. The molecule has 2 bridgehead atoms. The van der Waals surface area contributed by atoms with Crippen LogP contribution in [0.15, 0.2) is 21.5 Å². The Balaban J connectivity index is 2.05. The van der Waals surface area contributed by atoms with E-state index in [1.54, 1.807) is 11.2 Å². The molecule has 21 heavy (non-hydrogen) atoms. The molecule has 5 nitrogen and oxygen atoms in total. The van der Waals surface area contributed by atoms with E-state index in [9.17, 15) is 18.3 Å². The van der Waals surface area contributed by atoms with Gasteiger partial charge in [0.05, 0.1) is 10.5 Å². The molecule has 2 unspecified atom stereocenters. The number of hydrogen-bond acceptors (Lipinski definition) is 3. The molecule has 2 aliphatic rings. The Bertz CT molecular complexity index is 716. The fraction of sp³-hybridized carbons (Fsp3) is 0.500. The highest BCUT2D eigenvalue weighted by Crippen LogP contribution is 2.41. The second kappa shape index (κ2) is 5.07. The summed E-state index contributed by atoms with van der Waals surface area (Å²) >= 11 is 3.26. The van der Waals surface area contributed by atoms with Gasteiger partial charge in [-0.2, -0.15) is 4.31 Å². The summed E-state index contributed by atoms with van der Waals surface area (Å²) in [5, 5.41) is 9.22. The number of sulfonamides is 1. The highest BCUT2D eigenvalue weighted by molar-refractivity contribution is 9.10. The molecule has 1 saturated carbocycles. The van der Waals surface area contributed by atoms with Crippen LogP contribution in [0.25, 0.3) is 0 Å². The van der Waals surface area contributed by atoms with Crippen LogP contribution in [0.5, 0.6) is 0 Å². The zero-order valence-electron chi connectivity index (χ0n) is 11.5. The molecule has 0 amide bonds. The van der Waals surface area contributed by atoms with Crippen molar-refractivity contribution in [3.05, 3.63) is 27.7 Å². The average molecular weight is 374 g/mol. The molecular weight excluding hydrogens is 358 g/mol. The highest BCUT2D eigenvalue weighted by Gasteiger charge is 2.44. The third-order valence-electron chi connectivity index (χ3n) is 4.51. The number of carbonyl (C=O) groups is 1. The van der Waals surface area contributed by atoms with Crippen molar-refractivity contribution in [1.82, 2.24) is 4.31 Å². The summed E-state index contributed by atoms with van der Waals surface area (Å²) in [6.45, 7) is 2.21. The molecule has 1 saturated heterocycles. The summed E-state index contributed by atoms with van der Waals surface area (Å²) in [7, 11) is -3.62. The molecule has 0 radical (unpaired) electrons. The van der Waals surface area contributed by atoms with Crippen LogP contribution in [-0.2, 0) is 10.0 Å². The number of fused-ring (bicyclic) bond motifs is 2. The number of halogens is 1. The molecule has 1 aliphatic carbocycles. The van der Waals surface area contributed by atoms with E-state index in [0.29, 0.717) is 22.5 Å². The molecule has 1 aliphatic heterocycles. The van der Waals surface area contributed by atoms with Gasteiger partial charge >= 0.3 is 5.97 Å². The Morgan fingerprint density at radius 2 is 2.10 bits per heavy atom. The molecule has 7 heteroatoms. The van der Waals surface area contributed by atoms with E-state index < -0.39 is 16.0 Å². The summed E-state index contributed by atoms with van der Waals surface area (Å²) in [4.78, 5) is 11.3. The molecule has 114 valence electrons. The van der Waals surface area contributed by atoms with Crippen LogP contribution in [-0.4, -0.2) is 36.4 Å². The first kappa shape index (κ1) is 15.0. The second-order valence-electron chi connectivity index (χ2n) is 5.79. The van der Waals surface area contributed by atoms with E-state index in [1.807, 2.05) is 0 Å². The van der Waals surface area contributed by atoms with Crippen molar-refractivity contribution in [1.29, 1.82) is 0 Å². The van der Waals surface area contributed by atoms with Crippen LogP contribution in [0.1, 0.15) is 35.2 Å². The van der Waals surface area contributed by atoms with Crippen molar-refractivity contribution in [2.24, 2.45) is 5.92 Å². The fourth-order valence-corrected chi connectivity index (χ4v) is 5.74. The minimum absolute atomic E-state index is 0.0207. The summed E-state index contributed by atoms with van der Waals surface area (Å²) in [5.74, 6) is -0.661. The minimum atomic E-state index is -3.62. The topological polar surface area (TPSA) is 74.7 Å². The van der Waals surface area contributed by atoms with Crippen molar-refractivity contribution in [2.45, 2.75) is 37.1 Å². The first-order valence-electron chi connectivity index (χ1n) is 6.86. The SMILES string of the molecule is Cc1c(Br)cc(S(=O)(=O)N2CC3CCC2C3)cc1C(=O)O. The monoisotopic (exact) mass is 373 g/mol. The van der Waals surface area contributed by atoms with Crippen LogP contribution >= 0.6 is 15.9 Å². The smallest absolute Gasteiger partial charge is 0.336 e. The molecule has 1 aromatic carbocycles. The summed E-state index contributed by atoms with van der Waals surface area (Å²) in [6.07, 6.45) is 2.93. The number of rotatable bonds is 3. The maximum Gasteiger partial charge on any atom is 0.336 e. The number of benzene rings is 1. The number of nitrogens with zero attached hydrogens (tertiary/aromatic N) is 1. The van der Waals surface area contributed by atoms with E-state index in [0.717, 1.165) is 19.3 Å². The van der Waals surface area contributed by atoms with Crippen LogP contribution in [0.4, 0.5) is 0 Å². The zero-order chi connectivity index (χ0) is 15.4. The normalized spacial score (nSPS) is 25.4. The van der Waals surface area contributed by atoms with Crippen molar-refractivity contribution < 1.29 is 18.3 Å². The second-order valence-corrected chi connectivity index (χ2v) is 8.54. The lowest BCUT2D eigenvalue weighted by atomic mass is 10.1. The summed E-state index contributed by atoms with van der Waals surface area (Å²) in [5.41, 5.74) is 0.552. The summed E-state index contributed by atoms with van der Waals surface area (Å²) < 4.78 is 27.6. The quantitative estimate of drug-likeness (QED) is 0.883. The number of hydrogen-bond donors (Lipinski definition) is 1. The van der Waals surface area contributed by atoms with Crippen molar-refractivity contribution in [2.75, 3.05) is 6.54 Å². The Hall–Kier alpha value is -0.920. The molecule has 0 spiro atoms. The Labute approximate surface area is 132 Å². The molecule has 2 atom stereocenters. The maximum atomic E-state index is 12.8. The highest BCUT2D eigenvalue weighted by atomic mass is 79.9. The standard InChI is InChI=1S/C14H16BrNO4S/c1-8-12(14(17)18)5-11(6-13(8)15)21(19,20)16-7-9-2-3-10(16)4-9/h5-6,9-10H,2-4,7H2,1H3,(H,17,18). The van der Waals surface area contributed by atoms with Gasteiger partial charge in [-0.15, -0.1) is 0 Å². The minimum Gasteiger partial charge on any atom is -0.478 e. The lowest BCUT2D eigenvalue weighted by molar-refractivity contribution is 0.0695. The van der Waals surface area contributed by atoms with E-state index >= 15 is 0 Å². The number of carboxylic acids is 1. The lowest BCUT2D eigenvalue weighted by Gasteiger charge is -2.26. The molecule has 3 rings (SSSR count). The maximum absolute atomic E-state index is 12.8. The third-order valence-corrected chi connectivity index (χ3v) is 7.23. The van der Waals surface area contributed by atoms with Gasteiger partial charge in [-0.3, -0.25) is 0 Å². The van der Waals surface area contributed by atoms with E-state index in [2.05, 4.69) is 15.9 Å². The van der Waals surface area contributed by atoms with Gasteiger partial charge < -0.3 is 5.11 Å². The molecule has 0 aromatic heterocycles. The zero-order valence-corrected chi connectivity index (χ0v) is 13.9. The third kappa shape index (κ3) is 2.41. The first-order valence-corrected chi connectivity index (χ1v) is 9.09. The van der Waals surface area contributed by atoms with Gasteiger partial charge in [-0.25, -0.2) is 13.2 Å². The largest absolute Gasteiger partial charge is 0.478 e. The molecular formula is C14H16BrNO4S. The fourth-order valence-electron chi connectivity index (χ4n) is 3.33. The van der Waals surface area contributed by atoms with Crippen LogP contribution < -0.4 is 0 Å². The van der Waals surface area contributed by atoms with Gasteiger partial charge in [0, 0.05) is 17.1 Å². The van der Waals surface area contributed by atoms with E-state index in [4.69, 9.17) is 0 Å². The van der Waals surface area contributed by atoms with Crippen LogP contribution in [0, 0.1) is 12.8 Å².